The second kappa shape index (κ2) is 4.55. The molecule has 2 heterocycles. The number of rotatable bonds is 3. The van der Waals surface area contributed by atoms with Gasteiger partial charge in [-0.05, 0) is 23.6 Å². The molecule has 5 nitrogen and oxygen atoms in total. The summed E-state index contributed by atoms with van der Waals surface area (Å²) in [6.07, 6.45) is 3.07. The van der Waals surface area contributed by atoms with Crippen LogP contribution >= 0.6 is 15.9 Å². The van der Waals surface area contributed by atoms with E-state index in [1.165, 1.54) is 0 Å². The third-order valence-electron chi connectivity index (χ3n) is 2.81. The summed E-state index contributed by atoms with van der Waals surface area (Å²) in [4.78, 5) is 14.7. The molecular formula is C13H9BrN2O3. The van der Waals surface area contributed by atoms with Gasteiger partial charge in [-0.1, -0.05) is 22.0 Å². The fourth-order valence-electron chi connectivity index (χ4n) is 1.92. The average Bonchev–Trinajstić information content (AvgIpc) is 2.98. The van der Waals surface area contributed by atoms with Crippen molar-refractivity contribution in [2.45, 2.75) is 6.54 Å². The molecule has 2 aromatic heterocycles. The molecule has 96 valence electrons. The SMILES string of the molecule is O=C(O)c1coc(Cn2ccc3ccc(Br)cc32)n1. The minimum Gasteiger partial charge on any atom is -0.476 e. The van der Waals surface area contributed by atoms with Gasteiger partial charge in [0.15, 0.2) is 5.69 Å². The van der Waals surface area contributed by atoms with Gasteiger partial charge in [0.25, 0.3) is 0 Å². The number of benzene rings is 1. The molecule has 0 spiro atoms. The monoisotopic (exact) mass is 320 g/mol. The number of fused-ring (bicyclic) bond motifs is 1. The number of halogens is 1. The summed E-state index contributed by atoms with van der Waals surface area (Å²) in [5.74, 6) is -0.718. The van der Waals surface area contributed by atoms with Crippen molar-refractivity contribution in [2.24, 2.45) is 0 Å². The first-order valence-electron chi connectivity index (χ1n) is 5.55. The van der Waals surface area contributed by atoms with Crippen LogP contribution in [0.3, 0.4) is 0 Å². The van der Waals surface area contributed by atoms with Crippen molar-refractivity contribution >= 4 is 32.8 Å². The van der Waals surface area contributed by atoms with E-state index in [1.54, 1.807) is 0 Å². The Morgan fingerprint density at radius 1 is 1.42 bits per heavy atom. The summed E-state index contributed by atoms with van der Waals surface area (Å²) in [7, 11) is 0. The number of aromatic nitrogens is 2. The standard InChI is InChI=1S/C13H9BrN2O3/c14-9-2-1-8-3-4-16(11(8)5-9)6-12-15-10(7-19-12)13(17)18/h1-5,7H,6H2,(H,17,18). The van der Waals surface area contributed by atoms with Crippen LogP contribution in [0.4, 0.5) is 0 Å². The number of carboxylic acids is 1. The highest BCUT2D eigenvalue weighted by Gasteiger charge is 2.11. The van der Waals surface area contributed by atoms with E-state index in [-0.39, 0.29) is 5.69 Å². The smallest absolute Gasteiger partial charge is 0.357 e. The number of oxazole rings is 1. The van der Waals surface area contributed by atoms with Gasteiger partial charge in [-0.2, -0.15) is 0 Å². The number of hydrogen-bond acceptors (Lipinski definition) is 3. The Hall–Kier alpha value is -2.08. The molecular weight excluding hydrogens is 312 g/mol. The molecule has 19 heavy (non-hydrogen) atoms. The molecule has 3 rings (SSSR count). The van der Waals surface area contributed by atoms with Gasteiger partial charge in [-0.25, -0.2) is 9.78 Å². The first-order chi connectivity index (χ1) is 9.13. The molecule has 0 saturated carbocycles. The maximum atomic E-state index is 10.7. The molecule has 0 aliphatic rings. The van der Waals surface area contributed by atoms with Gasteiger partial charge in [0.05, 0.1) is 6.54 Å². The Labute approximate surface area is 116 Å². The third kappa shape index (κ3) is 2.26. The topological polar surface area (TPSA) is 68.3 Å². The summed E-state index contributed by atoms with van der Waals surface area (Å²) in [6, 6.07) is 7.97. The van der Waals surface area contributed by atoms with E-state index < -0.39 is 5.97 Å². The zero-order chi connectivity index (χ0) is 13.4. The molecule has 0 amide bonds. The number of nitrogens with zero attached hydrogens (tertiary/aromatic N) is 2. The van der Waals surface area contributed by atoms with Gasteiger partial charge in [-0.15, -0.1) is 0 Å². The Morgan fingerprint density at radius 3 is 3.00 bits per heavy atom. The van der Waals surface area contributed by atoms with Crippen LogP contribution in [-0.2, 0) is 6.54 Å². The Morgan fingerprint density at radius 2 is 2.26 bits per heavy atom. The zero-order valence-corrected chi connectivity index (χ0v) is 11.3. The van der Waals surface area contributed by atoms with Crippen molar-refractivity contribution in [3.8, 4) is 0 Å². The largest absolute Gasteiger partial charge is 0.476 e. The molecule has 3 aromatic rings. The maximum Gasteiger partial charge on any atom is 0.357 e. The van der Waals surface area contributed by atoms with Crippen LogP contribution in [0.15, 0.2) is 45.6 Å². The van der Waals surface area contributed by atoms with E-state index in [2.05, 4.69) is 20.9 Å². The second-order valence-corrected chi connectivity index (χ2v) is 4.99. The van der Waals surface area contributed by atoms with E-state index in [0.717, 1.165) is 21.6 Å². The number of carbonyl (C=O) groups is 1. The maximum absolute atomic E-state index is 10.7. The number of aromatic carboxylic acids is 1. The molecule has 0 saturated heterocycles. The summed E-state index contributed by atoms with van der Waals surface area (Å²) < 4.78 is 8.09. The van der Waals surface area contributed by atoms with E-state index in [0.29, 0.717) is 12.4 Å². The fourth-order valence-corrected chi connectivity index (χ4v) is 2.27. The van der Waals surface area contributed by atoms with Crippen LogP contribution in [-0.4, -0.2) is 20.6 Å². The van der Waals surface area contributed by atoms with Crippen molar-refractivity contribution in [3.05, 3.63) is 52.8 Å². The van der Waals surface area contributed by atoms with Crippen LogP contribution in [0.2, 0.25) is 0 Å². The van der Waals surface area contributed by atoms with E-state index >= 15 is 0 Å². The van der Waals surface area contributed by atoms with Crippen molar-refractivity contribution in [1.29, 1.82) is 0 Å². The lowest BCUT2D eigenvalue weighted by molar-refractivity contribution is 0.0690. The van der Waals surface area contributed by atoms with Crippen molar-refractivity contribution in [3.63, 3.8) is 0 Å². The normalized spacial score (nSPS) is 11.0. The second-order valence-electron chi connectivity index (χ2n) is 4.08. The first-order valence-corrected chi connectivity index (χ1v) is 6.35. The highest BCUT2D eigenvalue weighted by Crippen LogP contribution is 2.21. The van der Waals surface area contributed by atoms with E-state index in [1.807, 2.05) is 35.0 Å². The van der Waals surface area contributed by atoms with Gasteiger partial charge in [0.1, 0.15) is 6.26 Å². The van der Waals surface area contributed by atoms with Crippen LogP contribution < -0.4 is 0 Å². The molecule has 0 aliphatic heterocycles. The minimum atomic E-state index is -1.09. The molecule has 6 heteroatoms. The fraction of sp³-hybridized carbons (Fsp3) is 0.0769. The lowest BCUT2D eigenvalue weighted by atomic mass is 10.2. The highest BCUT2D eigenvalue weighted by molar-refractivity contribution is 9.10. The lowest BCUT2D eigenvalue weighted by Crippen LogP contribution is -2.00. The van der Waals surface area contributed by atoms with Crippen LogP contribution in [0.1, 0.15) is 16.4 Å². The van der Waals surface area contributed by atoms with Gasteiger partial charge in [0, 0.05) is 16.2 Å². The van der Waals surface area contributed by atoms with Crippen LogP contribution in [0, 0.1) is 0 Å². The summed E-state index contributed by atoms with van der Waals surface area (Å²) in [5.41, 5.74) is 0.956. The van der Waals surface area contributed by atoms with Gasteiger partial charge in [0.2, 0.25) is 5.89 Å². The zero-order valence-electron chi connectivity index (χ0n) is 9.71. The van der Waals surface area contributed by atoms with E-state index in [4.69, 9.17) is 9.52 Å². The van der Waals surface area contributed by atoms with Crippen LogP contribution in [0.25, 0.3) is 10.9 Å². The molecule has 0 radical (unpaired) electrons. The van der Waals surface area contributed by atoms with Crippen molar-refractivity contribution in [2.75, 3.05) is 0 Å². The van der Waals surface area contributed by atoms with Gasteiger partial charge >= 0.3 is 5.97 Å². The third-order valence-corrected chi connectivity index (χ3v) is 3.31. The lowest BCUT2D eigenvalue weighted by Gasteiger charge is -2.02. The Balaban J connectivity index is 1.96. The minimum absolute atomic E-state index is 0.0763. The Bertz CT molecular complexity index is 760. The summed E-state index contributed by atoms with van der Waals surface area (Å²) >= 11 is 3.43. The molecule has 1 N–H and O–H groups in total. The molecule has 1 aromatic carbocycles. The molecule has 0 aliphatic carbocycles. The number of hydrogen-bond donors (Lipinski definition) is 1. The van der Waals surface area contributed by atoms with E-state index in [9.17, 15) is 4.79 Å². The van der Waals surface area contributed by atoms with Gasteiger partial charge in [-0.3, -0.25) is 0 Å². The predicted octanol–water partition coefficient (Wildman–Crippen LogP) is 3.14. The van der Waals surface area contributed by atoms with Crippen molar-refractivity contribution < 1.29 is 14.3 Å². The quantitative estimate of drug-likeness (QED) is 0.805. The molecule has 0 unspecified atom stereocenters. The number of carboxylic acid groups (broad SMARTS) is 1. The molecule has 0 bridgehead atoms. The van der Waals surface area contributed by atoms with Gasteiger partial charge < -0.3 is 14.1 Å². The average molecular weight is 321 g/mol. The molecule has 0 atom stereocenters. The highest BCUT2D eigenvalue weighted by atomic mass is 79.9. The first kappa shape index (κ1) is 12.0. The Kier molecular flexibility index (Phi) is 2.87. The predicted molar refractivity (Wildman–Crippen MR) is 72.2 cm³/mol. The summed E-state index contributed by atoms with van der Waals surface area (Å²) in [6.45, 7) is 0.396. The van der Waals surface area contributed by atoms with Crippen molar-refractivity contribution in [1.82, 2.24) is 9.55 Å². The van der Waals surface area contributed by atoms with Crippen LogP contribution in [0.5, 0.6) is 0 Å². The summed E-state index contributed by atoms with van der Waals surface area (Å²) in [5, 5.41) is 9.90. The molecule has 0 fully saturated rings.